The Balaban J connectivity index is 1.39. The Hall–Kier alpha value is -3.12. The van der Waals surface area contributed by atoms with Crippen molar-refractivity contribution in [3.8, 4) is 0 Å². The van der Waals surface area contributed by atoms with Gasteiger partial charge in [-0.25, -0.2) is 17.9 Å². The van der Waals surface area contributed by atoms with E-state index in [4.69, 9.17) is 4.74 Å². The van der Waals surface area contributed by atoms with Crippen molar-refractivity contribution in [3.63, 3.8) is 0 Å². The number of carbonyl (C=O) groups is 2. The molecule has 224 valence electrons. The van der Waals surface area contributed by atoms with Gasteiger partial charge in [-0.05, 0) is 76.3 Å². The van der Waals surface area contributed by atoms with Crippen molar-refractivity contribution in [3.05, 3.63) is 65.7 Å². The fraction of sp³-hybridized carbons (Fsp3) is 0.517. The number of rotatable bonds is 5. The second kappa shape index (κ2) is 12.0. The molecule has 1 aliphatic carbocycles. The van der Waals surface area contributed by atoms with Crippen molar-refractivity contribution in [2.24, 2.45) is 5.92 Å². The monoisotopic (exact) mass is 595 g/mol. The maximum atomic E-state index is 13.7. The summed E-state index contributed by atoms with van der Waals surface area (Å²) in [6.45, 7) is 6.40. The van der Waals surface area contributed by atoms with Crippen LogP contribution in [0.1, 0.15) is 63.6 Å². The lowest BCUT2D eigenvalue weighted by Crippen LogP contribution is -2.54. The summed E-state index contributed by atoms with van der Waals surface area (Å²) < 4.78 is 72.2. The average molecular weight is 596 g/mol. The first-order valence-electron chi connectivity index (χ1n) is 13.7. The van der Waals surface area contributed by atoms with E-state index >= 15 is 0 Å². The van der Waals surface area contributed by atoms with Crippen LogP contribution in [0.5, 0.6) is 0 Å². The van der Waals surface area contributed by atoms with Gasteiger partial charge in [0.1, 0.15) is 5.60 Å². The normalized spacial score (nSPS) is 22.3. The van der Waals surface area contributed by atoms with Gasteiger partial charge in [-0.1, -0.05) is 30.3 Å². The highest BCUT2D eigenvalue weighted by atomic mass is 32.2. The van der Waals surface area contributed by atoms with Crippen LogP contribution in [-0.4, -0.2) is 61.5 Å². The van der Waals surface area contributed by atoms with E-state index in [1.165, 1.54) is 0 Å². The molecule has 1 heterocycles. The smallest absolute Gasteiger partial charge is 0.416 e. The molecular formula is C29H36F3N3O5S. The minimum absolute atomic E-state index is 0.0354. The third kappa shape index (κ3) is 7.79. The standard InChI is InChI=1S/C29H36F3N3O5S/c1-28(2,3)40-27(37)34-17-18-35(25(19-34)20-7-5-4-6-8-20)26(36)21-9-13-23(14-10-21)33-41(38,39)24-15-11-22(12-16-24)29(30,31)32/h4-8,11-12,15-16,21,23,25,33H,9-10,13-14,17-19H2,1-3H3/t21-,23-,25-/m1/s1. The fourth-order valence-corrected chi connectivity index (χ4v) is 6.61. The SMILES string of the molecule is CC(C)(C)OC(=O)N1CCN(C(=O)[C@H]2CC[C@H](NS(=O)(=O)c3ccc(C(F)(F)F)cc3)CC2)[C@@H](c2ccccc2)C1. The molecule has 4 rings (SSSR count). The Morgan fingerprint density at radius 3 is 2.07 bits per heavy atom. The molecule has 0 unspecified atom stereocenters. The highest BCUT2D eigenvalue weighted by Crippen LogP contribution is 2.33. The van der Waals surface area contributed by atoms with E-state index in [0.717, 1.165) is 29.8 Å². The number of sulfonamides is 1. The molecule has 2 amide bonds. The molecule has 12 heteroatoms. The summed E-state index contributed by atoms with van der Waals surface area (Å²) >= 11 is 0. The van der Waals surface area contributed by atoms with Gasteiger partial charge in [-0.3, -0.25) is 4.79 Å². The topological polar surface area (TPSA) is 96.0 Å². The lowest BCUT2D eigenvalue weighted by Gasteiger charge is -2.43. The number of amides is 2. The first kappa shape index (κ1) is 30.8. The molecule has 1 atom stereocenters. The van der Waals surface area contributed by atoms with Crippen molar-refractivity contribution < 1.29 is 35.9 Å². The Morgan fingerprint density at radius 2 is 1.51 bits per heavy atom. The zero-order valence-corrected chi connectivity index (χ0v) is 24.2. The third-order valence-corrected chi connectivity index (χ3v) is 8.93. The Labute approximate surface area is 238 Å². The van der Waals surface area contributed by atoms with Crippen LogP contribution >= 0.6 is 0 Å². The number of carbonyl (C=O) groups excluding carboxylic acids is 2. The Kier molecular flexibility index (Phi) is 9.03. The number of hydrogen-bond acceptors (Lipinski definition) is 5. The number of alkyl halides is 3. The molecule has 1 N–H and O–H groups in total. The quantitative estimate of drug-likeness (QED) is 0.502. The summed E-state index contributed by atoms with van der Waals surface area (Å²) in [5.41, 5.74) is -0.651. The predicted octanol–water partition coefficient (Wildman–Crippen LogP) is 5.36. The number of piperazine rings is 1. The van der Waals surface area contributed by atoms with E-state index in [9.17, 15) is 31.2 Å². The van der Waals surface area contributed by atoms with Gasteiger partial charge in [-0.15, -0.1) is 0 Å². The molecule has 0 radical (unpaired) electrons. The van der Waals surface area contributed by atoms with Crippen LogP contribution < -0.4 is 4.72 Å². The van der Waals surface area contributed by atoms with Gasteiger partial charge in [0.25, 0.3) is 0 Å². The van der Waals surface area contributed by atoms with Gasteiger partial charge in [0.2, 0.25) is 15.9 Å². The van der Waals surface area contributed by atoms with Crippen molar-refractivity contribution in [1.29, 1.82) is 0 Å². The Morgan fingerprint density at radius 1 is 0.902 bits per heavy atom. The van der Waals surface area contributed by atoms with Crippen LogP contribution in [0.3, 0.4) is 0 Å². The number of nitrogens with zero attached hydrogens (tertiary/aromatic N) is 2. The number of ether oxygens (including phenoxy) is 1. The van der Waals surface area contributed by atoms with E-state index in [2.05, 4.69) is 4.72 Å². The number of nitrogens with one attached hydrogen (secondary N) is 1. The first-order valence-corrected chi connectivity index (χ1v) is 15.2. The van der Waals surface area contributed by atoms with E-state index in [-0.39, 0.29) is 22.8 Å². The summed E-state index contributed by atoms with van der Waals surface area (Å²) in [6.07, 6.45) is -3.21. The van der Waals surface area contributed by atoms with Crippen LogP contribution in [0.4, 0.5) is 18.0 Å². The van der Waals surface area contributed by atoms with Crippen molar-refractivity contribution in [2.75, 3.05) is 19.6 Å². The van der Waals surface area contributed by atoms with Crippen molar-refractivity contribution >= 4 is 22.0 Å². The summed E-state index contributed by atoms with van der Waals surface area (Å²) in [7, 11) is -4.01. The van der Waals surface area contributed by atoms with E-state index in [1.807, 2.05) is 35.2 Å². The first-order chi connectivity index (χ1) is 19.1. The molecule has 0 aromatic heterocycles. The molecule has 2 fully saturated rings. The summed E-state index contributed by atoms with van der Waals surface area (Å²) in [6, 6.07) is 12.1. The van der Waals surface area contributed by atoms with E-state index in [1.54, 1.807) is 25.7 Å². The van der Waals surface area contributed by atoms with E-state index < -0.39 is 39.5 Å². The largest absolute Gasteiger partial charge is 0.444 e. The number of hydrogen-bond donors (Lipinski definition) is 1. The van der Waals surface area contributed by atoms with Gasteiger partial charge in [0.05, 0.1) is 16.5 Å². The molecule has 2 aromatic carbocycles. The molecule has 1 saturated heterocycles. The van der Waals surface area contributed by atoms with Crippen LogP contribution in [0.2, 0.25) is 0 Å². The third-order valence-electron chi connectivity index (χ3n) is 7.39. The summed E-state index contributed by atoms with van der Waals surface area (Å²) in [5, 5.41) is 0. The zero-order valence-electron chi connectivity index (χ0n) is 23.4. The zero-order chi connectivity index (χ0) is 30.0. The second-order valence-electron chi connectivity index (χ2n) is 11.6. The maximum absolute atomic E-state index is 13.7. The lowest BCUT2D eigenvalue weighted by atomic mass is 9.85. The maximum Gasteiger partial charge on any atom is 0.416 e. The minimum Gasteiger partial charge on any atom is -0.444 e. The average Bonchev–Trinajstić information content (AvgIpc) is 2.92. The summed E-state index contributed by atoms with van der Waals surface area (Å²) in [4.78, 5) is 29.7. The van der Waals surface area contributed by atoms with Gasteiger partial charge in [-0.2, -0.15) is 13.2 Å². The minimum atomic E-state index is -4.55. The molecule has 41 heavy (non-hydrogen) atoms. The highest BCUT2D eigenvalue weighted by Gasteiger charge is 2.39. The van der Waals surface area contributed by atoms with Crippen LogP contribution in [-0.2, 0) is 25.7 Å². The number of benzene rings is 2. The molecule has 1 saturated carbocycles. The van der Waals surface area contributed by atoms with Gasteiger partial charge >= 0.3 is 12.3 Å². The molecule has 0 spiro atoms. The second-order valence-corrected chi connectivity index (χ2v) is 13.3. The highest BCUT2D eigenvalue weighted by molar-refractivity contribution is 7.89. The van der Waals surface area contributed by atoms with Gasteiger partial charge < -0.3 is 14.5 Å². The number of halogens is 3. The van der Waals surface area contributed by atoms with Crippen LogP contribution in [0, 0.1) is 5.92 Å². The Bertz CT molecular complexity index is 1320. The molecule has 2 aliphatic rings. The molecule has 1 aliphatic heterocycles. The van der Waals surface area contributed by atoms with Crippen molar-refractivity contribution in [2.45, 2.75) is 75.2 Å². The van der Waals surface area contributed by atoms with Crippen LogP contribution in [0.25, 0.3) is 0 Å². The lowest BCUT2D eigenvalue weighted by molar-refractivity contribution is -0.142. The van der Waals surface area contributed by atoms with Gasteiger partial charge in [0.15, 0.2) is 0 Å². The molecule has 8 nitrogen and oxygen atoms in total. The summed E-state index contributed by atoms with van der Waals surface area (Å²) in [5.74, 6) is -0.340. The molecule has 2 aromatic rings. The predicted molar refractivity (Wildman–Crippen MR) is 146 cm³/mol. The fourth-order valence-electron chi connectivity index (χ4n) is 5.30. The van der Waals surface area contributed by atoms with Gasteiger partial charge in [0, 0.05) is 31.6 Å². The molecule has 0 bridgehead atoms. The van der Waals surface area contributed by atoms with E-state index in [0.29, 0.717) is 45.3 Å². The van der Waals surface area contributed by atoms with Crippen molar-refractivity contribution in [1.82, 2.24) is 14.5 Å². The van der Waals surface area contributed by atoms with Crippen LogP contribution in [0.15, 0.2) is 59.5 Å². The molecular weight excluding hydrogens is 559 g/mol.